The summed E-state index contributed by atoms with van der Waals surface area (Å²) in [4.78, 5) is 11.2. The summed E-state index contributed by atoms with van der Waals surface area (Å²) in [6.07, 6.45) is 6.88. The zero-order chi connectivity index (χ0) is 16.8. The molecular weight excluding hydrogens is 319 g/mol. The molecular formula is C19H23FN4O. The van der Waals surface area contributed by atoms with Crippen LogP contribution in [0.25, 0.3) is 10.9 Å². The van der Waals surface area contributed by atoms with Crippen molar-refractivity contribution in [1.29, 1.82) is 0 Å². The van der Waals surface area contributed by atoms with Crippen LogP contribution in [0.2, 0.25) is 0 Å². The van der Waals surface area contributed by atoms with E-state index in [1.807, 2.05) is 0 Å². The average Bonchev–Trinajstić information content (AvgIpc) is 3.00. The van der Waals surface area contributed by atoms with Crippen molar-refractivity contribution < 1.29 is 9.13 Å². The Kier molecular flexibility index (Phi) is 3.82. The molecule has 5 nitrogen and oxygen atoms in total. The third-order valence-electron chi connectivity index (χ3n) is 6.02. The molecule has 25 heavy (non-hydrogen) atoms. The molecule has 0 unspecified atom stereocenters. The number of hydrogen-bond acceptors (Lipinski definition) is 5. The summed E-state index contributed by atoms with van der Waals surface area (Å²) in [6, 6.07) is 5.86. The molecule has 0 radical (unpaired) electrons. The van der Waals surface area contributed by atoms with Gasteiger partial charge in [-0.1, -0.05) is 0 Å². The van der Waals surface area contributed by atoms with Crippen LogP contribution in [0.3, 0.4) is 0 Å². The molecule has 5 rings (SSSR count). The van der Waals surface area contributed by atoms with E-state index >= 15 is 0 Å². The first-order valence-electron chi connectivity index (χ1n) is 9.31. The Hall–Kier alpha value is -1.79. The van der Waals surface area contributed by atoms with E-state index in [4.69, 9.17) is 4.74 Å². The van der Waals surface area contributed by atoms with E-state index in [2.05, 4.69) is 20.2 Å². The Bertz CT molecular complexity index is 777. The Labute approximate surface area is 146 Å². The van der Waals surface area contributed by atoms with Gasteiger partial charge in [0.1, 0.15) is 5.82 Å². The highest BCUT2D eigenvalue weighted by Gasteiger charge is 2.45. The van der Waals surface area contributed by atoms with Crippen LogP contribution in [0.15, 0.2) is 24.4 Å². The molecule has 3 aliphatic rings. The normalized spacial score (nSPS) is 29.6. The van der Waals surface area contributed by atoms with Gasteiger partial charge in [-0.3, -0.25) is 0 Å². The van der Waals surface area contributed by atoms with Crippen molar-refractivity contribution in [1.82, 2.24) is 15.3 Å². The number of anilines is 1. The molecule has 0 amide bonds. The lowest BCUT2D eigenvalue weighted by Crippen LogP contribution is -2.56. The molecule has 1 aliphatic carbocycles. The number of benzene rings is 1. The maximum absolute atomic E-state index is 13.4. The van der Waals surface area contributed by atoms with Crippen LogP contribution in [0, 0.1) is 11.7 Å². The average molecular weight is 342 g/mol. The van der Waals surface area contributed by atoms with Crippen molar-refractivity contribution in [2.75, 3.05) is 24.6 Å². The number of ether oxygens (including phenoxy) is 1. The summed E-state index contributed by atoms with van der Waals surface area (Å²) < 4.78 is 19.1. The molecule has 1 N–H and O–H groups in total. The molecule has 3 fully saturated rings. The number of nitrogens with zero attached hydrogens (tertiary/aromatic N) is 3. The van der Waals surface area contributed by atoms with Gasteiger partial charge >= 0.3 is 0 Å². The van der Waals surface area contributed by atoms with E-state index < -0.39 is 0 Å². The number of piperidine rings is 1. The van der Waals surface area contributed by atoms with Gasteiger partial charge in [0.25, 0.3) is 0 Å². The van der Waals surface area contributed by atoms with Crippen LogP contribution in [-0.2, 0) is 4.74 Å². The van der Waals surface area contributed by atoms with E-state index in [1.165, 1.54) is 25.0 Å². The lowest BCUT2D eigenvalue weighted by Gasteiger charge is -2.43. The topological polar surface area (TPSA) is 50.3 Å². The number of halogens is 1. The minimum Gasteiger partial charge on any atom is -0.378 e. The summed E-state index contributed by atoms with van der Waals surface area (Å²) in [5.74, 6) is 1.19. The van der Waals surface area contributed by atoms with Gasteiger partial charge in [-0.05, 0) is 37.8 Å². The summed E-state index contributed by atoms with van der Waals surface area (Å²) in [5.41, 5.74) is 0.673. The van der Waals surface area contributed by atoms with Gasteiger partial charge in [0, 0.05) is 55.3 Å². The second kappa shape index (κ2) is 6.18. The van der Waals surface area contributed by atoms with Gasteiger partial charge in [-0.15, -0.1) is 0 Å². The van der Waals surface area contributed by atoms with Gasteiger partial charge in [0.2, 0.25) is 5.95 Å². The Balaban J connectivity index is 1.21. The molecule has 2 aromatic rings. The highest BCUT2D eigenvalue weighted by Crippen LogP contribution is 2.39. The van der Waals surface area contributed by atoms with Crippen LogP contribution >= 0.6 is 0 Å². The zero-order valence-electron chi connectivity index (χ0n) is 14.2. The SMILES string of the molecule is Fc1ccc2cnc(N3CCC(N[C@H]4C[C@@H]5OCC[C@H]45)CC3)nc2c1. The number of fused-ring (bicyclic) bond motifs is 2. The van der Waals surface area contributed by atoms with E-state index in [0.29, 0.717) is 29.7 Å². The van der Waals surface area contributed by atoms with Gasteiger partial charge in [-0.25, -0.2) is 14.4 Å². The first-order chi connectivity index (χ1) is 12.3. The molecule has 2 saturated heterocycles. The smallest absolute Gasteiger partial charge is 0.225 e. The van der Waals surface area contributed by atoms with Crippen molar-refractivity contribution in [2.24, 2.45) is 5.92 Å². The van der Waals surface area contributed by atoms with Crippen LogP contribution in [0.1, 0.15) is 25.7 Å². The maximum Gasteiger partial charge on any atom is 0.225 e. The first kappa shape index (κ1) is 15.5. The second-order valence-electron chi connectivity index (χ2n) is 7.51. The zero-order valence-corrected chi connectivity index (χ0v) is 14.2. The lowest BCUT2D eigenvalue weighted by molar-refractivity contribution is 0.00281. The van der Waals surface area contributed by atoms with Gasteiger partial charge < -0.3 is 15.0 Å². The molecule has 2 aliphatic heterocycles. The lowest BCUT2D eigenvalue weighted by atomic mass is 9.75. The van der Waals surface area contributed by atoms with Gasteiger partial charge in [-0.2, -0.15) is 0 Å². The molecule has 0 spiro atoms. The summed E-state index contributed by atoms with van der Waals surface area (Å²) in [5, 5.41) is 4.71. The first-order valence-corrected chi connectivity index (χ1v) is 9.31. The molecule has 132 valence electrons. The predicted octanol–water partition coefficient (Wildman–Crippen LogP) is 2.50. The van der Waals surface area contributed by atoms with Crippen LogP contribution in [0.5, 0.6) is 0 Å². The quantitative estimate of drug-likeness (QED) is 0.929. The second-order valence-corrected chi connectivity index (χ2v) is 7.51. The molecule has 3 heterocycles. The van der Waals surface area contributed by atoms with Crippen molar-refractivity contribution in [3.05, 3.63) is 30.2 Å². The Morgan fingerprint density at radius 3 is 2.92 bits per heavy atom. The van der Waals surface area contributed by atoms with Crippen LogP contribution < -0.4 is 10.2 Å². The van der Waals surface area contributed by atoms with E-state index in [1.54, 1.807) is 12.3 Å². The molecule has 6 heteroatoms. The summed E-state index contributed by atoms with van der Waals surface area (Å²) in [6.45, 7) is 2.82. The predicted molar refractivity (Wildman–Crippen MR) is 94.1 cm³/mol. The molecule has 0 bridgehead atoms. The number of nitrogens with one attached hydrogen (secondary N) is 1. The largest absolute Gasteiger partial charge is 0.378 e. The van der Waals surface area contributed by atoms with Gasteiger partial charge in [0.15, 0.2) is 0 Å². The van der Waals surface area contributed by atoms with Crippen molar-refractivity contribution >= 4 is 16.9 Å². The van der Waals surface area contributed by atoms with Crippen molar-refractivity contribution in [2.45, 2.75) is 43.9 Å². The highest BCUT2D eigenvalue weighted by molar-refractivity contribution is 5.78. The summed E-state index contributed by atoms with van der Waals surface area (Å²) >= 11 is 0. The number of rotatable bonds is 3. The van der Waals surface area contributed by atoms with E-state index in [9.17, 15) is 4.39 Å². The third-order valence-corrected chi connectivity index (χ3v) is 6.02. The standard InChI is InChI=1S/C19H23FN4O/c20-13-2-1-12-11-21-19(23-16(12)9-13)24-6-3-14(4-7-24)22-17-10-18-15(17)5-8-25-18/h1-2,9,11,14-15,17-18,22H,3-8,10H2/t15-,17+,18+/m1/s1. The van der Waals surface area contributed by atoms with Gasteiger partial charge in [0.05, 0.1) is 11.6 Å². The Morgan fingerprint density at radius 1 is 1.20 bits per heavy atom. The number of hydrogen-bond donors (Lipinski definition) is 1. The number of aromatic nitrogens is 2. The molecule has 1 saturated carbocycles. The Morgan fingerprint density at radius 2 is 2.08 bits per heavy atom. The third kappa shape index (κ3) is 2.87. The van der Waals surface area contributed by atoms with E-state index in [0.717, 1.165) is 43.8 Å². The fourth-order valence-electron chi connectivity index (χ4n) is 4.48. The minimum absolute atomic E-state index is 0.255. The van der Waals surface area contributed by atoms with Crippen LogP contribution in [-0.4, -0.2) is 47.9 Å². The van der Waals surface area contributed by atoms with Crippen LogP contribution in [0.4, 0.5) is 10.3 Å². The molecule has 1 aromatic carbocycles. The maximum atomic E-state index is 13.4. The van der Waals surface area contributed by atoms with Crippen molar-refractivity contribution in [3.8, 4) is 0 Å². The molecule has 1 aromatic heterocycles. The fourth-order valence-corrected chi connectivity index (χ4v) is 4.48. The monoisotopic (exact) mass is 342 g/mol. The van der Waals surface area contributed by atoms with Crippen molar-refractivity contribution in [3.63, 3.8) is 0 Å². The fraction of sp³-hybridized carbons (Fsp3) is 0.579. The summed E-state index contributed by atoms with van der Waals surface area (Å²) in [7, 11) is 0. The van der Waals surface area contributed by atoms with E-state index in [-0.39, 0.29) is 5.82 Å². The molecule has 3 atom stereocenters. The minimum atomic E-state index is -0.255. The highest BCUT2D eigenvalue weighted by atomic mass is 19.1.